The number of methoxy groups -OCH3 is 1. The lowest BCUT2D eigenvalue weighted by Gasteiger charge is -2.36. The van der Waals surface area contributed by atoms with Crippen LogP contribution in [0.3, 0.4) is 0 Å². The van der Waals surface area contributed by atoms with Gasteiger partial charge < -0.3 is 10.1 Å². The lowest BCUT2D eigenvalue weighted by atomic mass is 10.2. The molecule has 152 valence electrons. The molecule has 2 aromatic rings. The van der Waals surface area contributed by atoms with Crippen molar-refractivity contribution < 1.29 is 17.9 Å². The molecule has 1 fully saturated rings. The second-order valence-electron chi connectivity index (χ2n) is 6.58. The van der Waals surface area contributed by atoms with Crippen LogP contribution >= 0.6 is 11.3 Å². The van der Waals surface area contributed by atoms with E-state index in [4.69, 9.17) is 4.74 Å². The Kier molecular flexibility index (Phi) is 6.71. The fourth-order valence-electron chi connectivity index (χ4n) is 3.21. The first-order valence-corrected chi connectivity index (χ1v) is 11.4. The van der Waals surface area contributed by atoms with Crippen LogP contribution in [-0.4, -0.2) is 62.9 Å². The predicted octanol–water partition coefficient (Wildman–Crippen LogP) is 1.77. The first-order chi connectivity index (χ1) is 13.4. The Morgan fingerprint density at radius 2 is 1.89 bits per heavy atom. The normalized spacial score (nSPS) is 17.2. The number of thiophene rings is 1. The van der Waals surface area contributed by atoms with Crippen molar-refractivity contribution in [2.45, 2.75) is 23.7 Å². The van der Waals surface area contributed by atoms with Crippen molar-refractivity contribution in [1.29, 1.82) is 0 Å². The van der Waals surface area contributed by atoms with Crippen molar-refractivity contribution in [2.24, 2.45) is 0 Å². The molecular formula is C19H25N3O4S2. The molecule has 9 heteroatoms. The molecule has 2 heterocycles. The number of carbonyl (C=O) groups excluding carboxylic acids is 1. The molecule has 1 amide bonds. The van der Waals surface area contributed by atoms with Gasteiger partial charge >= 0.3 is 0 Å². The summed E-state index contributed by atoms with van der Waals surface area (Å²) in [5, 5.41) is 4.70. The van der Waals surface area contributed by atoms with E-state index < -0.39 is 10.0 Å². The summed E-state index contributed by atoms with van der Waals surface area (Å²) >= 11 is 1.23. The zero-order chi connectivity index (χ0) is 20.1. The van der Waals surface area contributed by atoms with Crippen molar-refractivity contribution in [3.05, 3.63) is 47.3 Å². The van der Waals surface area contributed by atoms with Crippen molar-refractivity contribution in [3.63, 3.8) is 0 Å². The van der Waals surface area contributed by atoms with Gasteiger partial charge in [-0.15, -0.1) is 11.3 Å². The summed E-state index contributed by atoms with van der Waals surface area (Å²) in [7, 11) is -1.83. The molecule has 28 heavy (non-hydrogen) atoms. The maximum absolute atomic E-state index is 12.6. The summed E-state index contributed by atoms with van der Waals surface area (Å²) in [4.78, 5) is 14.6. The zero-order valence-electron chi connectivity index (χ0n) is 16.0. The van der Waals surface area contributed by atoms with E-state index in [2.05, 4.69) is 5.32 Å². The number of hydrogen-bond acceptors (Lipinski definition) is 6. The fraction of sp³-hybridized carbons (Fsp3) is 0.421. The highest BCUT2D eigenvalue weighted by molar-refractivity contribution is 7.91. The molecule has 1 N–H and O–H groups in total. The lowest BCUT2D eigenvalue weighted by molar-refractivity contribution is -0.126. The SMILES string of the molecule is COc1ccccc1CNC(=O)[C@H](C)N1CCN(S(=O)(=O)c2cccs2)CC1. The largest absolute Gasteiger partial charge is 0.496 e. The van der Waals surface area contributed by atoms with E-state index in [1.165, 1.54) is 15.6 Å². The van der Waals surface area contributed by atoms with Crippen LogP contribution in [0.4, 0.5) is 0 Å². The van der Waals surface area contributed by atoms with Crippen LogP contribution in [-0.2, 0) is 21.4 Å². The first-order valence-electron chi connectivity index (χ1n) is 9.11. The molecule has 3 rings (SSSR count). The van der Waals surface area contributed by atoms with Crippen LogP contribution in [0.2, 0.25) is 0 Å². The number of nitrogens with zero attached hydrogens (tertiary/aromatic N) is 2. The van der Waals surface area contributed by atoms with Crippen LogP contribution < -0.4 is 10.1 Å². The van der Waals surface area contributed by atoms with Gasteiger partial charge in [0.15, 0.2) is 0 Å². The molecule has 0 radical (unpaired) electrons. The highest BCUT2D eigenvalue weighted by Crippen LogP contribution is 2.22. The highest BCUT2D eigenvalue weighted by Gasteiger charge is 2.32. The molecule has 0 unspecified atom stereocenters. The molecule has 7 nitrogen and oxygen atoms in total. The first kappa shape index (κ1) is 20.8. The molecule has 0 bridgehead atoms. The van der Waals surface area contributed by atoms with E-state index in [0.29, 0.717) is 36.9 Å². The lowest BCUT2D eigenvalue weighted by Crippen LogP contribution is -2.54. The monoisotopic (exact) mass is 423 g/mol. The van der Waals surface area contributed by atoms with Crippen LogP contribution in [0.5, 0.6) is 5.75 Å². The van der Waals surface area contributed by atoms with Crippen molar-refractivity contribution >= 4 is 27.3 Å². The Balaban J connectivity index is 1.53. The predicted molar refractivity (Wildman–Crippen MR) is 109 cm³/mol. The van der Waals surface area contributed by atoms with E-state index in [-0.39, 0.29) is 11.9 Å². The topological polar surface area (TPSA) is 79.0 Å². The Morgan fingerprint density at radius 3 is 2.54 bits per heavy atom. The van der Waals surface area contributed by atoms with Gasteiger partial charge in [-0.2, -0.15) is 4.31 Å². The van der Waals surface area contributed by atoms with Crippen LogP contribution in [0.1, 0.15) is 12.5 Å². The maximum atomic E-state index is 12.6. The van der Waals surface area contributed by atoms with E-state index in [1.54, 1.807) is 24.6 Å². The zero-order valence-corrected chi connectivity index (χ0v) is 17.6. The number of sulfonamides is 1. The summed E-state index contributed by atoms with van der Waals surface area (Å²) in [6, 6.07) is 10.6. The van der Waals surface area contributed by atoms with Gasteiger partial charge in [0.05, 0.1) is 13.2 Å². The van der Waals surface area contributed by atoms with Gasteiger partial charge in [-0.05, 0) is 24.4 Å². The van der Waals surface area contributed by atoms with E-state index in [9.17, 15) is 13.2 Å². The molecule has 1 atom stereocenters. The van der Waals surface area contributed by atoms with E-state index in [1.807, 2.05) is 36.1 Å². The Labute approximate surface area is 170 Å². The number of hydrogen-bond donors (Lipinski definition) is 1. The molecule has 0 spiro atoms. The van der Waals surface area contributed by atoms with Crippen molar-refractivity contribution in [1.82, 2.24) is 14.5 Å². The van der Waals surface area contributed by atoms with E-state index >= 15 is 0 Å². The van der Waals surface area contributed by atoms with Gasteiger partial charge in [0, 0.05) is 38.3 Å². The minimum atomic E-state index is -3.43. The summed E-state index contributed by atoms with van der Waals surface area (Å²) in [5.41, 5.74) is 0.914. The molecular weight excluding hydrogens is 398 g/mol. The highest BCUT2D eigenvalue weighted by atomic mass is 32.2. The Morgan fingerprint density at radius 1 is 1.18 bits per heavy atom. The third-order valence-electron chi connectivity index (χ3n) is 4.94. The number of benzene rings is 1. The van der Waals surface area contributed by atoms with Crippen LogP contribution in [0.25, 0.3) is 0 Å². The number of rotatable bonds is 7. The molecule has 1 aromatic carbocycles. The number of piperazine rings is 1. The number of ether oxygens (including phenoxy) is 1. The molecule has 1 aromatic heterocycles. The molecule has 1 saturated heterocycles. The molecule has 0 aliphatic carbocycles. The molecule has 1 aliphatic rings. The average molecular weight is 424 g/mol. The smallest absolute Gasteiger partial charge is 0.252 e. The van der Waals surface area contributed by atoms with Gasteiger partial charge in [-0.3, -0.25) is 9.69 Å². The second-order valence-corrected chi connectivity index (χ2v) is 9.69. The Hall–Kier alpha value is -1.94. The number of carbonyl (C=O) groups is 1. The van der Waals surface area contributed by atoms with E-state index in [0.717, 1.165) is 11.3 Å². The standard InChI is InChI=1S/C19H25N3O4S2/c1-15(19(23)20-14-16-6-3-4-7-17(16)26-2)21-9-11-22(12-10-21)28(24,25)18-8-5-13-27-18/h3-8,13,15H,9-12,14H2,1-2H3,(H,20,23)/t15-/m0/s1. The number of nitrogens with one attached hydrogen (secondary N) is 1. The molecule has 0 saturated carbocycles. The van der Waals surface area contributed by atoms with Gasteiger partial charge in [0.25, 0.3) is 10.0 Å². The van der Waals surface area contributed by atoms with Gasteiger partial charge in [-0.1, -0.05) is 24.3 Å². The second kappa shape index (κ2) is 9.04. The van der Waals surface area contributed by atoms with Crippen molar-refractivity contribution in [2.75, 3.05) is 33.3 Å². The minimum absolute atomic E-state index is 0.0829. The maximum Gasteiger partial charge on any atom is 0.252 e. The van der Waals surface area contributed by atoms with Gasteiger partial charge in [0.2, 0.25) is 5.91 Å². The third-order valence-corrected chi connectivity index (χ3v) is 8.21. The third kappa shape index (κ3) is 4.54. The summed E-state index contributed by atoms with van der Waals surface area (Å²) in [5.74, 6) is 0.656. The fourth-order valence-corrected chi connectivity index (χ4v) is 5.78. The summed E-state index contributed by atoms with van der Waals surface area (Å²) < 4.78 is 32.4. The average Bonchev–Trinajstić information content (AvgIpc) is 3.27. The number of para-hydroxylation sites is 1. The van der Waals surface area contributed by atoms with Gasteiger partial charge in [0.1, 0.15) is 9.96 Å². The van der Waals surface area contributed by atoms with Crippen molar-refractivity contribution in [3.8, 4) is 5.75 Å². The number of amides is 1. The summed E-state index contributed by atoms with van der Waals surface area (Å²) in [6.07, 6.45) is 0. The minimum Gasteiger partial charge on any atom is -0.496 e. The van der Waals surface area contributed by atoms with Crippen LogP contribution in [0, 0.1) is 0 Å². The Bertz CT molecular complexity index is 892. The van der Waals surface area contributed by atoms with Gasteiger partial charge in [-0.25, -0.2) is 8.42 Å². The molecule has 1 aliphatic heterocycles. The summed E-state index contributed by atoms with van der Waals surface area (Å²) in [6.45, 7) is 4.04. The van der Waals surface area contributed by atoms with Crippen LogP contribution in [0.15, 0.2) is 46.0 Å². The quantitative estimate of drug-likeness (QED) is 0.734.